The van der Waals surface area contributed by atoms with Gasteiger partial charge in [-0.05, 0) is 35.4 Å². The van der Waals surface area contributed by atoms with Crippen molar-refractivity contribution in [3.8, 4) is 11.5 Å². The molecule has 1 aliphatic rings. The van der Waals surface area contributed by atoms with Crippen molar-refractivity contribution in [1.29, 1.82) is 0 Å². The smallest absolute Gasteiger partial charge is 0.261 e. The molecule has 3 rings (SSSR count). The molecule has 0 bridgehead atoms. The minimum absolute atomic E-state index is 0.207. The first-order chi connectivity index (χ1) is 13.0. The van der Waals surface area contributed by atoms with E-state index in [1.807, 2.05) is 0 Å². The highest BCUT2D eigenvalue weighted by Crippen LogP contribution is 2.33. The summed E-state index contributed by atoms with van der Waals surface area (Å²) in [5.41, 5.74) is 1.54. The number of hydrogen-bond donors (Lipinski definition) is 0. The van der Waals surface area contributed by atoms with Crippen molar-refractivity contribution in [2.75, 3.05) is 20.8 Å². The third-order valence-electron chi connectivity index (χ3n) is 4.17. The third-order valence-corrected chi connectivity index (χ3v) is 4.17. The normalized spacial score (nSPS) is 14.9. The Morgan fingerprint density at radius 2 is 1.67 bits per heavy atom. The number of methoxy groups -OCH3 is 2. The van der Waals surface area contributed by atoms with Crippen LogP contribution in [0.4, 0.5) is 0 Å². The highest BCUT2D eigenvalue weighted by Gasteiger charge is 2.34. The quantitative estimate of drug-likeness (QED) is 0.578. The molecule has 2 aromatic carbocycles. The van der Waals surface area contributed by atoms with Crippen LogP contribution in [-0.2, 0) is 9.59 Å². The minimum atomic E-state index is -1.51. The molecular weight excluding hydrogens is 350 g/mol. The van der Waals surface area contributed by atoms with Gasteiger partial charge in [0.2, 0.25) is 0 Å². The molecule has 138 valence electrons. The molecule has 1 heterocycles. The summed E-state index contributed by atoms with van der Waals surface area (Å²) >= 11 is 0. The van der Waals surface area contributed by atoms with E-state index in [-0.39, 0.29) is 11.1 Å². The summed E-state index contributed by atoms with van der Waals surface area (Å²) in [6.45, 7) is -0.810. The summed E-state index contributed by atoms with van der Waals surface area (Å²) in [5, 5.41) is 11.0. The fraction of sp³-hybridized carbons (Fsp3) is 0.150. The van der Waals surface area contributed by atoms with E-state index in [1.165, 1.54) is 14.2 Å². The molecular formula is C20H16NO6-. The Morgan fingerprint density at radius 1 is 1.00 bits per heavy atom. The Balaban J connectivity index is 2.14. The van der Waals surface area contributed by atoms with Crippen molar-refractivity contribution in [2.24, 2.45) is 0 Å². The number of carbonyl (C=O) groups is 3. The maximum absolute atomic E-state index is 12.8. The fourth-order valence-electron chi connectivity index (χ4n) is 2.92. The zero-order valence-corrected chi connectivity index (χ0v) is 14.7. The SMILES string of the molecule is COc1ccc(/C=C2\C(=O)N(CC(=O)[O-])C(=O)c3ccccc32)cc1OC. The van der Waals surface area contributed by atoms with Crippen molar-refractivity contribution in [1.82, 2.24) is 4.90 Å². The predicted octanol–water partition coefficient (Wildman–Crippen LogP) is 0.977. The largest absolute Gasteiger partial charge is 0.548 e. The Kier molecular flexibility index (Phi) is 4.94. The van der Waals surface area contributed by atoms with E-state index >= 15 is 0 Å². The van der Waals surface area contributed by atoms with E-state index in [4.69, 9.17) is 9.47 Å². The van der Waals surface area contributed by atoms with Gasteiger partial charge < -0.3 is 19.4 Å². The number of rotatable bonds is 5. The standard InChI is InChI=1S/C20H17NO6/c1-26-16-8-7-12(10-17(16)27-2)9-15-13-5-3-4-6-14(13)19(24)21(20(15)25)11-18(22)23/h3-10H,11H2,1-2H3,(H,22,23)/p-1/b15-9-. The van der Waals surface area contributed by atoms with E-state index < -0.39 is 24.3 Å². The van der Waals surface area contributed by atoms with Gasteiger partial charge in [0, 0.05) is 11.1 Å². The number of carboxylic acids is 1. The van der Waals surface area contributed by atoms with Crippen LogP contribution >= 0.6 is 0 Å². The molecule has 0 atom stereocenters. The number of amides is 2. The second-order valence-corrected chi connectivity index (χ2v) is 5.79. The molecule has 0 saturated carbocycles. The zero-order valence-electron chi connectivity index (χ0n) is 14.7. The summed E-state index contributed by atoms with van der Waals surface area (Å²) < 4.78 is 10.5. The molecule has 0 N–H and O–H groups in total. The number of nitrogens with zero attached hydrogens (tertiary/aromatic N) is 1. The second kappa shape index (κ2) is 7.33. The van der Waals surface area contributed by atoms with E-state index in [2.05, 4.69) is 0 Å². The van der Waals surface area contributed by atoms with Gasteiger partial charge in [0.15, 0.2) is 11.5 Å². The average molecular weight is 366 g/mol. The van der Waals surface area contributed by atoms with E-state index in [0.717, 1.165) is 0 Å². The van der Waals surface area contributed by atoms with Gasteiger partial charge in [-0.3, -0.25) is 14.5 Å². The van der Waals surface area contributed by atoms with Crippen LogP contribution in [0.2, 0.25) is 0 Å². The molecule has 2 aromatic rings. The maximum Gasteiger partial charge on any atom is 0.261 e. The summed E-state index contributed by atoms with van der Waals surface area (Å²) in [6, 6.07) is 11.6. The number of ether oxygens (including phenoxy) is 2. The number of fused-ring (bicyclic) bond motifs is 1. The highest BCUT2D eigenvalue weighted by molar-refractivity contribution is 6.34. The molecule has 0 radical (unpaired) electrons. The number of aliphatic carboxylic acids is 1. The van der Waals surface area contributed by atoms with Crippen LogP contribution in [0.5, 0.6) is 11.5 Å². The van der Waals surface area contributed by atoms with Gasteiger partial charge in [0.05, 0.1) is 26.7 Å². The molecule has 0 fully saturated rings. The molecule has 27 heavy (non-hydrogen) atoms. The molecule has 0 unspecified atom stereocenters. The number of benzene rings is 2. The van der Waals surface area contributed by atoms with Gasteiger partial charge in [-0.25, -0.2) is 0 Å². The molecule has 7 nitrogen and oxygen atoms in total. The van der Waals surface area contributed by atoms with Gasteiger partial charge in [-0.2, -0.15) is 0 Å². The lowest BCUT2D eigenvalue weighted by Gasteiger charge is -2.28. The number of carboxylic acid groups (broad SMARTS) is 1. The summed E-state index contributed by atoms with van der Waals surface area (Å²) in [7, 11) is 3.01. The van der Waals surface area contributed by atoms with Gasteiger partial charge in [-0.1, -0.05) is 24.3 Å². The lowest BCUT2D eigenvalue weighted by Crippen LogP contribution is -2.47. The Bertz CT molecular complexity index is 963. The lowest BCUT2D eigenvalue weighted by molar-refractivity contribution is -0.305. The van der Waals surface area contributed by atoms with E-state index in [0.29, 0.717) is 27.5 Å². The summed E-state index contributed by atoms with van der Waals surface area (Å²) in [4.78, 5) is 37.0. The van der Waals surface area contributed by atoms with Crippen molar-refractivity contribution in [3.63, 3.8) is 0 Å². The molecule has 1 aliphatic heterocycles. The zero-order chi connectivity index (χ0) is 19.6. The van der Waals surface area contributed by atoms with Crippen LogP contribution in [-0.4, -0.2) is 43.4 Å². The number of hydrogen-bond acceptors (Lipinski definition) is 6. The van der Waals surface area contributed by atoms with Crippen LogP contribution in [0.3, 0.4) is 0 Å². The molecule has 0 saturated heterocycles. The van der Waals surface area contributed by atoms with Gasteiger partial charge in [0.25, 0.3) is 11.8 Å². The Hall–Kier alpha value is -3.61. The number of imide groups is 1. The first kappa shape index (κ1) is 18.2. The van der Waals surface area contributed by atoms with Crippen LogP contribution in [0.25, 0.3) is 11.6 Å². The van der Waals surface area contributed by atoms with Crippen molar-refractivity contribution in [3.05, 3.63) is 59.2 Å². The van der Waals surface area contributed by atoms with Crippen LogP contribution < -0.4 is 14.6 Å². The summed E-state index contributed by atoms with van der Waals surface area (Å²) in [5.74, 6) is -1.86. The van der Waals surface area contributed by atoms with Crippen molar-refractivity contribution >= 4 is 29.4 Å². The lowest BCUT2D eigenvalue weighted by atomic mass is 9.92. The minimum Gasteiger partial charge on any atom is -0.548 e. The average Bonchev–Trinajstić information content (AvgIpc) is 2.68. The topological polar surface area (TPSA) is 96.0 Å². The highest BCUT2D eigenvalue weighted by atomic mass is 16.5. The fourth-order valence-corrected chi connectivity index (χ4v) is 2.92. The predicted molar refractivity (Wildman–Crippen MR) is 94.9 cm³/mol. The number of carbonyl (C=O) groups excluding carboxylic acids is 3. The second-order valence-electron chi connectivity index (χ2n) is 5.79. The van der Waals surface area contributed by atoms with Gasteiger partial charge in [-0.15, -0.1) is 0 Å². The Labute approximate surface area is 155 Å². The third kappa shape index (κ3) is 3.39. The molecule has 0 spiro atoms. The van der Waals surface area contributed by atoms with E-state index in [1.54, 1.807) is 48.5 Å². The van der Waals surface area contributed by atoms with Crippen molar-refractivity contribution in [2.45, 2.75) is 0 Å². The van der Waals surface area contributed by atoms with Crippen molar-refractivity contribution < 1.29 is 29.0 Å². The Morgan fingerprint density at radius 3 is 2.30 bits per heavy atom. The van der Waals surface area contributed by atoms with Gasteiger partial charge in [0.1, 0.15) is 0 Å². The summed E-state index contributed by atoms with van der Waals surface area (Å²) in [6.07, 6.45) is 1.58. The van der Waals surface area contributed by atoms with Gasteiger partial charge >= 0.3 is 0 Å². The van der Waals surface area contributed by atoms with Crippen LogP contribution in [0.1, 0.15) is 21.5 Å². The first-order valence-electron chi connectivity index (χ1n) is 8.05. The monoisotopic (exact) mass is 366 g/mol. The molecule has 0 aliphatic carbocycles. The maximum atomic E-state index is 12.8. The van der Waals surface area contributed by atoms with Crippen LogP contribution in [0.15, 0.2) is 42.5 Å². The molecule has 2 amide bonds. The van der Waals surface area contributed by atoms with E-state index in [9.17, 15) is 19.5 Å². The molecule has 0 aromatic heterocycles. The molecule has 7 heteroatoms. The van der Waals surface area contributed by atoms with Crippen LogP contribution in [0, 0.1) is 0 Å². The first-order valence-corrected chi connectivity index (χ1v) is 8.05.